The Hall–Kier alpha value is -2.97. The summed E-state index contributed by atoms with van der Waals surface area (Å²) in [6.45, 7) is 6.99. The average molecular weight is 574 g/mol. The number of nitriles is 1. The molecule has 2 heterocycles. The van der Waals surface area contributed by atoms with Gasteiger partial charge in [0.25, 0.3) is 0 Å². The molecule has 2 aromatic rings. The van der Waals surface area contributed by atoms with E-state index in [0.717, 1.165) is 56.0 Å². The molecule has 8 nitrogen and oxygen atoms in total. The number of aromatic nitrogens is 2. The standard InChI is InChI=1S/C11H17NOS.C9H10ClN5S.C7H9N/c1-5-10-8-6-7-9-11(10)12(2)14(3,4)13;10-8-5-7(6-11)12-9(13-8)14-1-3-15(16)4-2-14;1-8-7-5-3-2-4-6-7/h5,8-9H,1,3,6-7H2,2,4H3;5,16H,1-4H2;2-6,8H,1H3. The average Bonchev–Trinajstić information content (AvgIpc) is 2.93. The summed E-state index contributed by atoms with van der Waals surface area (Å²) >= 11 is 10.1. The molecule has 1 fully saturated rings. The predicted octanol–water partition coefficient (Wildman–Crippen LogP) is 4.67. The number of benzene rings is 1. The van der Waals surface area contributed by atoms with Gasteiger partial charge in [0.1, 0.15) is 16.9 Å². The van der Waals surface area contributed by atoms with Crippen LogP contribution in [0, 0.1) is 11.3 Å². The van der Waals surface area contributed by atoms with Crippen molar-refractivity contribution >= 4 is 51.6 Å². The van der Waals surface area contributed by atoms with E-state index in [1.807, 2.05) is 59.7 Å². The van der Waals surface area contributed by atoms with Crippen LogP contribution in [-0.2, 0) is 9.71 Å². The van der Waals surface area contributed by atoms with Gasteiger partial charge in [-0.1, -0.05) is 67.4 Å². The number of hydrogen-bond donors (Lipinski definition) is 2. The molecule has 1 aromatic carbocycles. The second-order valence-electron chi connectivity index (χ2n) is 8.53. The molecule has 2 aliphatic rings. The Labute approximate surface area is 238 Å². The highest BCUT2D eigenvalue weighted by Crippen LogP contribution is 2.23. The lowest BCUT2D eigenvalue weighted by molar-refractivity contribution is 0.431. The summed E-state index contributed by atoms with van der Waals surface area (Å²) in [5.74, 6) is 4.18. The van der Waals surface area contributed by atoms with Gasteiger partial charge < -0.3 is 14.5 Å². The van der Waals surface area contributed by atoms with Crippen LogP contribution in [0.3, 0.4) is 0 Å². The van der Waals surface area contributed by atoms with Crippen LogP contribution in [-0.4, -0.2) is 75.2 Å². The Morgan fingerprint density at radius 1 is 1.18 bits per heavy atom. The van der Waals surface area contributed by atoms with Gasteiger partial charge in [-0.2, -0.15) is 5.26 Å². The zero-order valence-corrected chi connectivity index (χ0v) is 24.6. The molecule has 1 unspecified atom stereocenters. The van der Waals surface area contributed by atoms with Gasteiger partial charge in [-0.3, -0.25) is 0 Å². The topological polar surface area (TPSA) is 88.4 Å². The van der Waals surface area contributed by atoms with Crippen molar-refractivity contribution in [3.63, 3.8) is 0 Å². The van der Waals surface area contributed by atoms with Crippen LogP contribution < -0.4 is 10.2 Å². The molecule has 1 N–H and O–H groups in total. The number of rotatable bonds is 5. The maximum absolute atomic E-state index is 11.8. The number of halogens is 1. The Balaban J connectivity index is 0.000000211. The first kappa shape index (κ1) is 31.2. The summed E-state index contributed by atoms with van der Waals surface area (Å²) in [5, 5.41) is 12.1. The van der Waals surface area contributed by atoms with Crippen molar-refractivity contribution in [2.24, 2.45) is 0 Å². The molecule has 1 aromatic heterocycles. The lowest BCUT2D eigenvalue weighted by Crippen LogP contribution is -2.43. The van der Waals surface area contributed by atoms with Crippen molar-refractivity contribution < 1.29 is 4.21 Å². The molecular weight excluding hydrogens is 538 g/mol. The molecule has 1 aliphatic carbocycles. The van der Waals surface area contributed by atoms with Crippen molar-refractivity contribution in [2.45, 2.75) is 12.8 Å². The lowest BCUT2D eigenvalue weighted by atomic mass is 10.0. The van der Waals surface area contributed by atoms with Crippen LogP contribution in [0.4, 0.5) is 11.6 Å². The van der Waals surface area contributed by atoms with E-state index in [9.17, 15) is 4.21 Å². The summed E-state index contributed by atoms with van der Waals surface area (Å²) in [4.78, 5) is 10.2. The molecule has 1 atom stereocenters. The summed E-state index contributed by atoms with van der Waals surface area (Å²) in [7, 11) is 1.55. The maximum atomic E-state index is 11.8. The fraction of sp³-hybridized carbons (Fsp3) is 0.333. The normalized spacial score (nSPS) is 16.6. The third kappa shape index (κ3) is 10.1. The highest BCUT2D eigenvalue weighted by molar-refractivity contribution is 7.97. The Morgan fingerprint density at radius 3 is 2.34 bits per heavy atom. The quantitative estimate of drug-likeness (QED) is 0.305. The Morgan fingerprint density at radius 2 is 1.82 bits per heavy atom. The van der Waals surface area contributed by atoms with E-state index in [-0.39, 0.29) is 0 Å². The maximum Gasteiger partial charge on any atom is 0.228 e. The van der Waals surface area contributed by atoms with Gasteiger partial charge in [0.05, 0.1) is 5.70 Å². The number of likely N-dealkylation sites (N-methyl/N-ethyl adjacent to an activating group) is 1. The monoisotopic (exact) mass is 573 g/mol. The first-order valence-corrected chi connectivity index (χ1v) is 14.9. The van der Waals surface area contributed by atoms with Crippen molar-refractivity contribution in [2.75, 3.05) is 56.7 Å². The van der Waals surface area contributed by atoms with Crippen LogP contribution in [0.1, 0.15) is 18.5 Å². The first-order valence-electron chi connectivity index (χ1n) is 12.0. The van der Waals surface area contributed by atoms with Gasteiger partial charge in [-0.25, -0.2) is 18.5 Å². The summed E-state index contributed by atoms with van der Waals surface area (Å²) < 4.78 is 15.4. The third-order valence-corrected chi connectivity index (χ3v) is 7.65. The molecule has 1 aliphatic heterocycles. The van der Waals surface area contributed by atoms with Crippen molar-refractivity contribution in [1.82, 2.24) is 18.6 Å². The van der Waals surface area contributed by atoms with Crippen molar-refractivity contribution in [1.29, 1.82) is 5.26 Å². The zero-order valence-electron chi connectivity index (χ0n) is 22.2. The number of anilines is 2. The molecule has 1 saturated heterocycles. The Kier molecular flexibility index (Phi) is 12.7. The fourth-order valence-corrected chi connectivity index (χ4v) is 4.45. The summed E-state index contributed by atoms with van der Waals surface area (Å²) in [5.41, 5.74) is 3.49. The van der Waals surface area contributed by atoms with E-state index in [2.05, 4.69) is 52.7 Å². The van der Waals surface area contributed by atoms with E-state index in [4.69, 9.17) is 16.9 Å². The Bertz CT molecular complexity index is 1270. The molecule has 204 valence electrons. The predicted molar refractivity (Wildman–Crippen MR) is 165 cm³/mol. The minimum atomic E-state index is -2.17. The van der Waals surface area contributed by atoms with E-state index in [1.165, 1.54) is 6.07 Å². The fourth-order valence-electron chi connectivity index (χ4n) is 3.49. The smallest absolute Gasteiger partial charge is 0.228 e. The van der Waals surface area contributed by atoms with E-state index in [1.54, 1.807) is 16.6 Å². The number of nitrogens with zero attached hydrogens (tertiary/aromatic N) is 6. The number of hydrogen-bond acceptors (Lipinski definition) is 8. The number of piperazine rings is 1. The molecule has 11 heteroatoms. The van der Waals surface area contributed by atoms with Gasteiger partial charge in [0.2, 0.25) is 5.95 Å². The second-order valence-corrected chi connectivity index (χ2v) is 12.0. The molecule has 0 spiro atoms. The molecule has 0 bridgehead atoms. The largest absolute Gasteiger partial charge is 0.388 e. The van der Waals surface area contributed by atoms with E-state index >= 15 is 0 Å². The third-order valence-electron chi connectivity index (χ3n) is 5.70. The number of nitrogens with one attached hydrogen (secondary N) is 1. The van der Waals surface area contributed by atoms with Gasteiger partial charge in [0.15, 0.2) is 0 Å². The molecule has 0 saturated carbocycles. The number of allylic oxidation sites excluding steroid dienone is 3. The first-order chi connectivity index (χ1) is 18.1. The summed E-state index contributed by atoms with van der Waals surface area (Å²) in [6.07, 6.45) is 9.67. The van der Waals surface area contributed by atoms with Gasteiger partial charge in [0, 0.05) is 68.0 Å². The molecule has 0 radical (unpaired) electrons. The highest BCUT2D eigenvalue weighted by atomic mass is 35.5. The zero-order chi connectivity index (χ0) is 28.1. The van der Waals surface area contributed by atoms with Crippen LogP contribution >= 0.6 is 24.4 Å². The number of thiol groups is 1. The molecule has 0 amide bonds. The van der Waals surface area contributed by atoms with E-state index in [0.29, 0.717) is 16.8 Å². The van der Waals surface area contributed by atoms with Gasteiger partial charge in [-0.05, 0) is 36.4 Å². The molecule has 38 heavy (non-hydrogen) atoms. The van der Waals surface area contributed by atoms with Gasteiger partial charge >= 0.3 is 0 Å². The highest BCUT2D eigenvalue weighted by Gasteiger charge is 2.18. The van der Waals surface area contributed by atoms with Gasteiger partial charge in [-0.15, -0.1) is 0 Å². The minimum absolute atomic E-state index is 0.295. The SMILES string of the molecule is C=CC1=CCCC=C1N(C)S(=C)(C)=O.CNc1ccccc1.N#Cc1cc(Cl)nc(N2CCN(S)CC2)n1. The van der Waals surface area contributed by atoms with Crippen molar-refractivity contribution in [3.8, 4) is 6.07 Å². The minimum Gasteiger partial charge on any atom is -0.388 e. The molecular formula is C27H36ClN7OS2. The van der Waals surface area contributed by atoms with E-state index < -0.39 is 9.71 Å². The van der Waals surface area contributed by atoms with Crippen LogP contribution in [0.2, 0.25) is 5.15 Å². The molecule has 4 rings (SSSR count). The van der Waals surface area contributed by atoms with Crippen LogP contribution in [0.15, 0.2) is 72.5 Å². The lowest BCUT2D eigenvalue weighted by Gasteiger charge is -2.31. The number of para-hydroxylation sites is 1. The van der Waals surface area contributed by atoms with Crippen LogP contribution in [0.5, 0.6) is 0 Å². The summed E-state index contributed by atoms with van der Waals surface area (Å²) in [6, 6.07) is 13.5. The second kappa shape index (κ2) is 15.4. The van der Waals surface area contributed by atoms with Crippen LogP contribution in [0.25, 0.3) is 0 Å². The van der Waals surface area contributed by atoms with Crippen molar-refractivity contribution in [3.05, 3.63) is 83.3 Å².